The monoisotopic (exact) mass is 187 g/mol. The SMILES string of the molecule is Cn1cc(Cl)c(CN=C(N)N)n1. The van der Waals surface area contributed by atoms with Gasteiger partial charge in [-0.1, -0.05) is 11.6 Å². The van der Waals surface area contributed by atoms with E-state index in [2.05, 4.69) is 10.1 Å². The summed E-state index contributed by atoms with van der Waals surface area (Å²) in [5.41, 5.74) is 11.0. The van der Waals surface area contributed by atoms with E-state index in [9.17, 15) is 0 Å². The number of nitrogens with zero attached hydrogens (tertiary/aromatic N) is 3. The average molecular weight is 188 g/mol. The summed E-state index contributed by atoms with van der Waals surface area (Å²) in [6.45, 7) is 0.321. The Labute approximate surface area is 75.0 Å². The van der Waals surface area contributed by atoms with Gasteiger partial charge in [-0.05, 0) is 0 Å². The minimum absolute atomic E-state index is 0.0386. The molecule has 0 bridgehead atoms. The van der Waals surface area contributed by atoms with E-state index in [4.69, 9.17) is 23.1 Å². The van der Waals surface area contributed by atoms with Crippen molar-refractivity contribution in [2.75, 3.05) is 0 Å². The molecule has 66 valence electrons. The Morgan fingerprint density at radius 2 is 2.42 bits per heavy atom. The van der Waals surface area contributed by atoms with Gasteiger partial charge >= 0.3 is 0 Å². The summed E-state index contributed by atoms with van der Waals surface area (Å²) in [7, 11) is 1.78. The molecular weight excluding hydrogens is 178 g/mol. The van der Waals surface area contributed by atoms with Gasteiger partial charge in [0.25, 0.3) is 0 Å². The molecule has 0 fully saturated rings. The van der Waals surface area contributed by atoms with Crippen molar-refractivity contribution in [1.82, 2.24) is 9.78 Å². The van der Waals surface area contributed by atoms with Crippen LogP contribution in [0.2, 0.25) is 5.02 Å². The second kappa shape index (κ2) is 3.44. The van der Waals surface area contributed by atoms with Crippen molar-refractivity contribution >= 4 is 17.6 Å². The second-order valence-corrected chi connectivity index (χ2v) is 2.75. The third-order valence-corrected chi connectivity index (χ3v) is 1.58. The highest BCUT2D eigenvalue weighted by Crippen LogP contribution is 2.13. The van der Waals surface area contributed by atoms with E-state index < -0.39 is 0 Å². The highest BCUT2D eigenvalue weighted by Gasteiger charge is 2.03. The zero-order valence-electron chi connectivity index (χ0n) is 6.66. The van der Waals surface area contributed by atoms with Gasteiger partial charge in [0.1, 0.15) is 5.69 Å². The number of aryl methyl sites for hydroxylation is 1. The van der Waals surface area contributed by atoms with Crippen LogP contribution < -0.4 is 11.5 Å². The Kier molecular flexibility index (Phi) is 2.54. The maximum absolute atomic E-state index is 5.79. The van der Waals surface area contributed by atoms with Crippen LogP contribution >= 0.6 is 11.6 Å². The lowest BCUT2D eigenvalue weighted by Gasteiger charge is -1.91. The van der Waals surface area contributed by atoms with Crippen LogP contribution in [0.1, 0.15) is 5.69 Å². The van der Waals surface area contributed by atoms with Crippen LogP contribution in [-0.2, 0) is 13.6 Å². The van der Waals surface area contributed by atoms with Crippen LogP contribution in [0.3, 0.4) is 0 Å². The molecule has 0 saturated heterocycles. The number of aliphatic imine (C=N–C) groups is 1. The van der Waals surface area contributed by atoms with Gasteiger partial charge in [0, 0.05) is 13.2 Å². The predicted molar refractivity (Wildman–Crippen MR) is 47.7 cm³/mol. The summed E-state index contributed by atoms with van der Waals surface area (Å²) >= 11 is 5.79. The number of aromatic nitrogens is 2. The van der Waals surface area contributed by atoms with Gasteiger partial charge in [-0.2, -0.15) is 5.10 Å². The number of guanidine groups is 1. The summed E-state index contributed by atoms with van der Waals surface area (Å²) in [4.78, 5) is 3.78. The first kappa shape index (κ1) is 8.86. The van der Waals surface area contributed by atoms with Crippen molar-refractivity contribution in [2.24, 2.45) is 23.5 Å². The molecule has 6 heteroatoms. The van der Waals surface area contributed by atoms with E-state index in [1.807, 2.05) is 0 Å². The van der Waals surface area contributed by atoms with Gasteiger partial charge in [-0.15, -0.1) is 0 Å². The Morgan fingerprint density at radius 1 is 1.75 bits per heavy atom. The first-order chi connectivity index (χ1) is 5.59. The summed E-state index contributed by atoms with van der Waals surface area (Å²) in [6.07, 6.45) is 1.69. The average Bonchev–Trinajstić information content (AvgIpc) is 2.26. The topological polar surface area (TPSA) is 82.2 Å². The molecule has 0 atom stereocenters. The normalized spacial score (nSPS) is 9.83. The van der Waals surface area contributed by atoms with Gasteiger partial charge in [0.2, 0.25) is 0 Å². The third-order valence-electron chi connectivity index (χ3n) is 1.27. The van der Waals surface area contributed by atoms with Crippen LogP contribution in [0, 0.1) is 0 Å². The van der Waals surface area contributed by atoms with Gasteiger partial charge in [0.05, 0.1) is 11.6 Å². The molecule has 12 heavy (non-hydrogen) atoms. The quantitative estimate of drug-likeness (QED) is 0.499. The van der Waals surface area contributed by atoms with Crippen LogP contribution in [0.15, 0.2) is 11.2 Å². The number of nitrogens with two attached hydrogens (primary N) is 2. The fourth-order valence-electron chi connectivity index (χ4n) is 0.779. The molecule has 1 aromatic heterocycles. The summed E-state index contributed by atoms with van der Waals surface area (Å²) in [6, 6.07) is 0. The van der Waals surface area contributed by atoms with Crippen molar-refractivity contribution in [2.45, 2.75) is 6.54 Å². The lowest BCUT2D eigenvalue weighted by Crippen LogP contribution is -2.22. The van der Waals surface area contributed by atoms with Crippen LogP contribution in [0.4, 0.5) is 0 Å². The lowest BCUT2D eigenvalue weighted by molar-refractivity contribution is 0.742. The minimum atomic E-state index is 0.0386. The van der Waals surface area contributed by atoms with Crippen LogP contribution in [0.5, 0.6) is 0 Å². The standard InChI is InChI=1S/C6H10ClN5/c1-12-3-4(7)5(11-12)2-10-6(8)9/h3H,2H2,1H3,(H4,8,9,10). The summed E-state index contributed by atoms with van der Waals surface area (Å²) in [5, 5.41) is 4.62. The molecule has 0 aliphatic carbocycles. The molecule has 0 aliphatic heterocycles. The molecule has 1 aromatic rings. The molecule has 1 rings (SSSR count). The molecule has 0 unspecified atom stereocenters. The highest BCUT2D eigenvalue weighted by molar-refractivity contribution is 6.31. The first-order valence-corrected chi connectivity index (χ1v) is 3.71. The van der Waals surface area contributed by atoms with E-state index in [-0.39, 0.29) is 5.96 Å². The molecule has 0 spiro atoms. The molecular formula is C6H10ClN5. The van der Waals surface area contributed by atoms with Gasteiger partial charge in [-0.25, -0.2) is 4.99 Å². The van der Waals surface area contributed by atoms with Crippen molar-refractivity contribution < 1.29 is 0 Å². The molecule has 0 aliphatic rings. The van der Waals surface area contributed by atoms with Crippen molar-refractivity contribution in [3.05, 3.63) is 16.9 Å². The van der Waals surface area contributed by atoms with Crippen LogP contribution in [-0.4, -0.2) is 15.7 Å². The molecule has 0 saturated carbocycles. The fraction of sp³-hybridized carbons (Fsp3) is 0.333. The highest BCUT2D eigenvalue weighted by atomic mass is 35.5. The van der Waals surface area contributed by atoms with E-state index in [1.54, 1.807) is 17.9 Å². The predicted octanol–water partition coefficient (Wildman–Crippen LogP) is -0.153. The Balaban J connectivity index is 2.75. The molecule has 0 radical (unpaired) electrons. The van der Waals surface area contributed by atoms with Gasteiger partial charge < -0.3 is 11.5 Å². The maximum atomic E-state index is 5.79. The second-order valence-electron chi connectivity index (χ2n) is 2.34. The van der Waals surface area contributed by atoms with E-state index in [1.165, 1.54) is 0 Å². The van der Waals surface area contributed by atoms with Crippen molar-refractivity contribution in [1.29, 1.82) is 0 Å². The maximum Gasteiger partial charge on any atom is 0.186 e. The molecule has 0 amide bonds. The third kappa shape index (κ3) is 2.13. The lowest BCUT2D eigenvalue weighted by atomic mass is 10.4. The van der Waals surface area contributed by atoms with Crippen molar-refractivity contribution in [3.63, 3.8) is 0 Å². The molecule has 5 nitrogen and oxygen atoms in total. The van der Waals surface area contributed by atoms with Crippen LogP contribution in [0.25, 0.3) is 0 Å². The van der Waals surface area contributed by atoms with E-state index in [0.717, 1.165) is 0 Å². The Hall–Kier alpha value is -1.23. The first-order valence-electron chi connectivity index (χ1n) is 3.33. The Morgan fingerprint density at radius 3 is 2.83 bits per heavy atom. The number of hydrogen-bond acceptors (Lipinski definition) is 2. The Bertz CT molecular complexity index is 299. The zero-order valence-corrected chi connectivity index (χ0v) is 7.41. The van der Waals surface area contributed by atoms with Gasteiger partial charge in [0.15, 0.2) is 5.96 Å². The number of rotatable bonds is 2. The fourth-order valence-corrected chi connectivity index (χ4v) is 1.02. The molecule has 4 N–H and O–H groups in total. The molecule has 1 heterocycles. The van der Waals surface area contributed by atoms with E-state index in [0.29, 0.717) is 17.3 Å². The molecule has 0 aromatic carbocycles. The summed E-state index contributed by atoms with van der Waals surface area (Å²) in [5.74, 6) is 0.0386. The van der Waals surface area contributed by atoms with E-state index >= 15 is 0 Å². The summed E-state index contributed by atoms with van der Waals surface area (Å²) < 4.78 is 1.61. The smallest absolute Gasteiger partial charge is 0.186 e. The largest absolute Gasteiger partial charge is 0.370 e. The number of halogens is 1. The number of hydrogen-bond donors (Lipinski definition) is 2. The minimum Gasteiger partial charge on any atom is -0.370 e. The van der Waals surface area contributed by atoms with Gasteiger partial charge in [-0.3, -0.25) is 4.68 Å². The zero-order chi connectivity index (χ0) is 9.14. The van der Waals surface area contributed by atoms with Crippen molar-refractivity contribution in [3.8, 4) is 0 Å².